The molecule has 18 heavy (non-hydrogen) atoms. The minimum Gasteiger partial charge on any atom is -0.391 e. The molecule has 0 aromatic rings. The maximum Gasteiger partial charge on any atom is 0.0699 e. The van der Waals surface area contributed by atoms with Crippen molar-refractivity contribution < 1.29 is 5.11 Å². The minimum atomic E-state index is -0.0694. The highest BCUT2D eigenvalue weighted by atomic mass is 16.3. The van der Waals surface area contributed by atoms with Crippen LogP contribution in [0.4, 0.5) is 0 Å². The molecular formula is C15H24N2O. The van der Waals surface area contributed by atoms with Gasteiger partial charge in [0.25, 0.3) is 0 Å². The number of piperidine rings is 3. The monoisotopic (exact) mass is 248 g/mol. The van der Waals surface area contributed by atoms with E-state index in [2.05, 4.69) is 15.9 Å². The van der Waals surface area contributed by atoms with E-state index in [9.17, 15) is 5.11 Å². The molecule has 2 bridgehead atoms. The summed E-state index contributed by atoms with van der Waals surface area (Å²) in [5.41, 5.74) is 1.64. The van der Waals surface area contributed by atoms with Gasteiger partial charge in [0.1, 0.15) is 0 Å². The number of hydrogen-bond donors (Lipinski definition) is 1. The van der Waals surface area contributed by atoms with Crippen LogP contribution in [0.15, 0.2) is 11.8 Å². The average Bonchev–Trinajstić information content (AvgIpc) is 2.39. The Morgan fingerprint density at radius 1 is 1.17 bits per heavy atom. The molecule has 3 heteroatoms. The molecule has 0 saturated carbocycles. The second-order valence-corrected chi connectivity index (χ2v) is 6.61. The molecule has 3 saturated heterocycles. The lowest BCUT2D eigenvalue weighted by atomic mass is 9.73. The number of nitrogens with zero attached hydrogens (tertiary/aromatic N) is 2. The summed E-state index contributed by atoms with van der Waals surface area (Å²) < 4.78 is 0. The van der Waals surface area contributed by atoms with Crippen LogP contribution in [0.2, 0.25) is 0 Å². The fourth-order valence-corrected chi connectivity index (χ4v) is 4.85. The third-order valence-electron chi connectivity index (χ3n) is 5.51. The van der Waals surface area contributed by atoms with Gasteiger partial charge >= 0.3 is 0 Å². The first kappa shape index (κ1) is 11.3. The zero-order chi connectivity index (χ0) is 12.1. The van der Waals surface area contributed by atoms with E-state index < -0.39 is 0 Å². The normalized spacial score (nSPS) is 44.1. The van der Waals surface area contributed by atoms with Crippen molar-refractivity contribution in [1.29, 1.82) is 0 Å². The number of aliphatic hydroxyl groups is 1. The molecule has 1 N–H and O–H groups in total. The second-order valence-electron chi connectivity index (χ2n) is 6.61. The Hall–Kier alpha value is -0.540. The molecule has 0 aliphatic carbocycles. The molecule has 0 spiro atoms. The lowest BCUT2D eigenvalue weighted by Gasteiger charge is -2.56. The Labute approximate surface area is 109 Å². The van der Waals surface area contributed by atoms with Gasteiger partial charge in [0.2, 0.25) is 0 Å². The van der Waals surface area contributed by atoms with E-state index in [1.807, 2.05) is 0 Å². The number of aliphatic hydroxyl groups excluding tert-OH is 1. The standard InChI is InChI=1S/C15H24N2O/c18-14-5-3-7-17-9-11-8-12(15(14)17)10-16-6-2-1-4-13(11)16/h4,11-12,14-15,18H,1-3,5-10H2/t11-,12-,14+,15+/m1/s1. The van der Waals surface area contributed by atoms with E-state index in [1.54, 1.807) is 5.70 Å². The van der Waals surface area contributed by atoms with Crippen LogP contribution in [0.5, 0.6) is 0 Å². The summed E-state index contributed by atoms with van der Waals surface area (Å²) in [6.07, 6.45) is 8.54. The molecule has 0 aromatic carbocycles. The highest BCUT2D eigenvalue weighted by molar-refractivity contribution is 5.17. The molecule has 0 unspecified atom stereocenters. The van der Waals surface area contributed by atoms with E-state index in [1.165, 1.54) is 51.9 Å². The molecule has 4 rings (SSSR count). The first-order valence-corrected chi connectivity index (χ1v) is 7.70. The average molecular weight is 248 g/mol. The molecule has 3 fully saturated rings. The molecule has 4 heterocycles. The molecule has 3 nitrogen and oxygen atoms in total. The predicted octanol–water partition coefficient (Wildman–Crippen LogP) is 1.44. The Bertz CT molecular complexity index is 368. The third kappa shape index (κ3) is 1.64. The predicted molar refractivity (Wildman–Crippen MR) is 71.1 cm³/mol. The number of fused-ring (bicyclic) bond motifs is 6. The van der Waals surface area contributed by atoms with Crippen LogP contribution in [0.25, 0.3) is 0 Å². The van der Waals surface area contributed by atoms with E-state index in [0.29, 0.717) is 12.0 Å². The first-order valence-electron chi connectivity index (χ1n) is 7.70. The van der Waals surface area contributed by atoms with Crippen molar-refractivity contribution in [3.05, 3.63) is 11.8 Å². The van der Waals surface area contributed by atoms with Gasteiger partial charge in [0.15, 0.2) is 0 Å². The van der Waals surface area contributed by atoms with Crippen molar-refractivity contribution in [3.8, 4) is 0 Å². The lowest BCUT2D eigenvalue weighted by molar-refractivity contribution is -0.0745. The summed E-state index contributed by atoms with van der Waals surface area (Å²) in [4.78, 5) is 5.22. The van der Waals surface area contributed by atoms with Gasteiger partial charge in [0.05, 0.1) is 6.10 Å². The third-order valence-corrected chi connectivity index (χ3v) is 5.51. The summed E-state index contributed by atoms with van der Waals surface area (Å²) in [6.45, 7) is 4.85. The molecule has 100 valence electrons. The van der Waals surface area contributed by atoms with Crippen LogP contribution in [-0.4, -0.2) is 53.2 Å². The molecule has 4 aliphatic heterocycles. The Balaban J connectivity index is 1.63. The topological polar surface area (TPSA) is 26.7 Å². The number of rotatable bonds is 0. The van der Waals surface area contributed by atoms with Crippen LogP contribution in [0.3, 0.4) is 0 Å². The van der Waals surface area contributed by atoms with Crippen molar-refractivity contribution >= 4 is 0 Å². The molecule has 0 radical (unpaired) electrons. The maximum atomic E-state index is 10.3. The van der Waals surface area contributed by atoms with Crippen molar-refractivity contribution in [1.82, 2.24) is 9.80 Å². The van der Waals surface area contributed by atoms with Gasteiger partial charge in [-0.05, 0) is 44.6 Å². The Morgan fingerprint density at radius 3 is 3.06 bits per heavy atom. The molecular weight excluding hydrogens is 224 g/mol. The van der Waals surface area contributed by atoms with E-state index in [-0.39, 0.29) is 6.10 Å². The second kappa shape index (κ2) is 4.24. The van der Waals surface area contributed by atoms with Crippen LogP contribution in [0.1, 0.15) is 32.1 Å². The summed E-state index contributed by atoms with van der Waals surface area (Å²) in [5.74, 6) is 1.46. The van der Waals surface area contributed by atoms with Crippen molar-refractivity contribution in [3.63, 3.8) is 0 Å². The van der Waals surface area contributed by atoms with Gasteiger partial charge in [-0.1, -0.05) is 6.08 Å². The Kier molecular flexibility index (Phi) is 2.66. The van der Waals surface area contributed by atoms with Crippen molar-refractivity contribution in [2.24, 2.45) is 11.8 Å². The zero-order valence-electron chi connectivity index (χ0n) is 11.1. The fraction of sp³-hybridized carbons (Fsp3) is 0.867. The van der Waals surface area contributed by atoms with Gasteiger partial charge in [-0.3, -0.25) is 4.90 Å². The highest BCUT2D eigenvalue weighted by Crippen LogP contribution is 2.42. The molecule has 4 aliphatic rings. The SMILES string of the molecule is O[C@H]1CCCN2C[C@H]3C[C@H](CN4CCCC=C34)[C@@H]12. The summed E-state index contributed by atoms with van der Waals surface area (Å²) >= 11 is 0. The van der Waals surface area contributed by atoms with Crippen LogP contribution in [0, 0.1) is 11.8 Å². The summed E-state index contributed by atoms with van der Waals surface area (Å²) in [6, 6.07) is 0.457. The van der Waals surface area contributed by atoms with Crippen LogP contribution >= 0.6 is 0 Å². The van der Waals surface area contributed by atoms with E-state index in [4.69, 9.17) is 0 Å². The smallest absolute Gasteiger partial charge is 0.0699 e. The van der Waals surface area contributed by atoms with Crippen molar-refractivity contribution in [2.45, 2.75) is 44.2 Å². The summed E-state index contributed by atoms with van der Waals surface area (Å²) in [5, 5.41) is 10.3. The van der Waals surface area contributed by atoms with Gasteiger partial charge < -0.3 is 10.0 Å². The highest BCUT2D eigenvalue weighted by Gasteiger charge is 2.46. The molecule has 0 amide bonds. The zero-order valence-corrected chi connectivity index (χ0v) is 11.1. The number of hydrogen-bond acceptors (Lipinski definition) is 3. The van der Waals surface area contributed by atoms with Gasteiger partial charge in [-0.15, -0.1) is 0 Å². The van der Waals surface area contributed by atoms with E-state index >= 15 is 0 Å². The quantitative estimate of drug-likeness (QED) is 0.703. The van der Waals surface area contributed by atoms with Gasteiger partial charge in [-0.25, -0.2) is 0 Å². The number of allylic oxidation sites excluding steroid dienone is 1. The Morgan fingerprint density at radius 2 is 2.11 bits per heavy atom. The van der Waals surface area contributed by atoms with Gasteiger partial charge in [0, 0.05) is 37.3 Å². The molecule has 4 atom stereocenters. The lowest BCUT2D eigenvalue weighted by Crippen LogP contribution is -2.62. The first-order chi connectivity index (χ1) is 8.83. The maximum absolute atomic E-state index is 10.3. The molecule has 0 aromatic heterocycles. The minimum absolute atomic E-state index is 0.0694. The van der Waals surface area contributed by atoms with Crippen LogP contribution in [-0.2, 0) is 0 Å². The largest absolute Gasteiger partial charge is 0.391 e. The van der Waals surface area contributed by atoms with Crippen molar-refractivity contribution in [2.75, 3.05) is 26.2 Å². The van der Waals surface area contributed by atoms with Crippen LogP contribution < -0.4 is 0 Å². The summed E-state index contributed by atoms with van der Waals surface area (Å²) in [7, 11) is 0. The van der Waals surface area contributed by atoms with E-state index in [0.717, 1.165) is 12.3 Å². The van der Waals surface area contributed by atoms with Gasteiger partial charge in [-0.2, -0.15) is 0 Å². The fourth-order valence-electron chi connectivity index (χ4n) is 4.85.